The first-order valence-corrected chi connectivity index (χ1v) is 14.0. The Bertz CT molecular complexity index is 1140. The number of ether oxygens (including phenoxy) is 2. The summed E-state index contributed by atoms with van der Waals surface area (Å²) in [6, 6.07) is 5.28. The van der Waals surface area contributed by atoms with Gasteiger partial charge in [0.25, 0.3) is 0 Å². The lowest BCUT2D eigenvalue weighted by Crippen LogP contribution is -2.63. The minimum Gasteiger partial charge on any atom is -0.482 e. The van der Waals surface area contributed by atoms with Crippen LogP contribution >= 0.6 is 0 Å². The number of esters is 1. The number of fused-ring (bicyclic) bond motifs is 1. The Kier molecular flexibility index (Phi) is 6.85. The molecule has 4 aliphatic rings. The van der Waals surface area contributed by atoms with E-state index in [0.29, 0.717) is 24.1 Å². The molecule has 2 N–H and O–H groups in total. The Balaban J connectivity index is 1.42. The molecule has 1 aromatic carbocycles. The largest absolute Gasteiger partial charge is 0.492 e. The summed E-state index contributed by atoms with van der Waals surface area (Å²) in [6.07, 6.45) is 3.77. The summed E-state index contributed by atoms with van der Waals surface area (Å²) in [7, 11) is -1.02. The summed E-state index contributed by atoms with van der Waals surface area (Å²) >= 11 is 0. The van der Waals surface area contributed by atoms with E-state index in [0.717, 1.165) is 24.8 Å². The number of aliphatic hydroxyl groups is 1. The van der Waals surface area contributed by atoms with Gasteiger partial charge in [0.05, 0.1) is 12.2 Å². The molecule has 206 valence electrons. The molecule has 0 radical (unpaired) electrons. The van der Waals surface area contributed by atoms with Crippen LogP contribution in [-0.4, -0.2) is 47.8 Å². The predicted molar refractivity (Wildman–Crippen MR) is 144 cm³/mol. The number of carbonyl (C=O) groups excluding carboxylic acids is 2. The minimum atomic E-state index is -1.02. The standard InChI is InChI=1S/C30H41BO7/c1-7-28(5)15-24(37-25(33)16-36-20-8-9-21-19(4)38-31(35)22(21)14-20)29(6)17(2)10-12-30(18(3)27(28)34)13-11-23(32)26(29)30/h7-9,14,17-19,24,26-27,34-35H,1,10-13,15-16H2,2-6H3/t17-,18+,19?,24-,26+,27+,28-,29+,30+/m1/s1. The Morgan fingerprint density at radius 2 is 2.00 bits per heavy atom. The summed E-state index contributed by atoms with van der Waals surface area (Å²) in [5.41, 5.74) is -0.0328. The summed E-state index contributed by atoms with van der Waals surface area (Å²) in [4.78, 5) is 26.8. The third kappa shape index (κ3) is 3.97. The Hall–Kier alpha value is -2.16. The lowest BCUT2D eigenvalue weighted by Gasteiger charge is -2.61. The van der Waals surface area contributed by atoms with E-state index in [2.05, 4.69) is 27.4 Å². The van der Waals surface area contributed by atoms with E-state index < -0.39 is 36.1 Å². The van der Waals surface area contributed by atoms with Crippen molar-refractivity contribution in [1.82, 2.24) is 0 Å². The van der Waals surface area contributed by atoms with Crippen molar-refractivity contribution in [1.29, 1.82) is 0 Å². The molecule has 0 amide bonds. The average molecular weight is 524 g/mol. The molecule has 8 heteroatoms. The molecule has 3 fully saturated rings. The number of hydrogen-bond acceptors (Lipinski definition) is 7. The van der Waals surface area contributed by atoms with Crippen LogP contribution < -0.4 is 10.2 Å². The van der Waals surface area contributed by atoms with Crippen LogP contribution in [0.2, 0.25) is 0 Å². The molecule has 0 spiro atoms. The summed E-state index contributed by atoms with van der Waals surface area (Å²) < 4.78 is 17.4. The van der Waals surface area contributed by atoms with Gasteiger partial charge in [-0.1, -0.05) is 39.8 Å². The van der Waals surface area contributed by atoms with Crippen molar-refractivity contribution in [2.75, 3.05) is 6.61 Å². The minimum absolute atomic E-state index is 0.0735. The number of hydrogen-bond donors (Lipinski definition) is 2. The zero-order chi connectivity index (χ0) is 27.6. The molecule has 38 heavy (non-hydrogen) atoms. The van der Waals surface area contributed by atoms with Crippen molar-refractivity contribution >= 4 is 24.3 Å². The van der Waals surface area contributed by atoms with Gasteiger partial charge in [-0.25, -0.2) is 4.79 Å². The highest BCUT2D eigenvalue weighted by Crippen LogP contribution is 2.68. The molecule has 1 aromatic rings. The van der Waals surface area contributed by atoms with Crippen LogP contribution in [0.15, 0.2) is 30.9 Å². The average Bonchev–Trinajstić information content (AvgIpc) is 3.39. The molecule has 1 aliphatic heterocycles. The Labute approximate surface area is 226 Å². The van der Waals surface area contributed by atoms with Crippen molar-refractivity contribution in [3.8, 4) is 5.75 Å². The first-order chi connectivity index (χ1) is 17.9. The highest BCUT2D eigenvalue weighted by Gasteiger charge is 2.68. The van der Waals surface area contributed by atoms with E-state index in [1.54, 1.807) is 18.2 Å². The number of aliphatic hydroxyl groups excluding tert-OH is 1. The fourth-order valence-corrected chi connectivity index (χ4v) is 8.40. The fraction of sp³-hybridized carbons (Fsp3) is 0.667. The quantitative estimate of drug-likeness (QED) is 0.344. The van der Waals surface area contributed by atoms with E-state index in [1.165, 1.54) is 0 Å². The molecule has 3 aliphatic carbocycles. The van der Waals surface area contributed by atoms with Gasteiger partial charge in [-0.2, -0.15) is 0 Å². The van der Waals surface area contributed by atoms with Crippen molar-refractivity contribution in [2.45, 2.75) is 85.0 Å². The molecule has 9 atom stereocenters. The molecule has 0 saturated heterocycles. The van der Waals surface area contributed by atoms with Gasteiger partial charge < -0.3 is 24.3 Å². The number of carbonyl (C=O) groups is 2. The van der Waals surface area contributed by atoms with Crippen LogP contribution in [0.3, 0.4) is 0 Å². The third-order valence-electron chi connectivity index (χ3n) is 11.0. The molecule has 2 bridgehead atoms. The van der Waals surface area contributed by atoms with E-state index in [1.807, 2.05) is 19.9 Å². The normalized spacial score (nSPS) is 42.1. The van der Waals surface area contributed by atoms with Gasteiger partial charge in [0.1, 0.15) is 17.6 Å². The maximum atomic E-state index is 13.5. The zero-order valence-corrected chi connectivity index (χ0v) is 23.2. The van der Waals surface area contributed by atoms with E-state index in [-0.39, 0.29) is 41.7 Å². The molecule has 1 unspecified atom stereocenters. The lowest BCUT2D eigenvalue weighted by atomic mass is 9.44. The SMILES string of the molecule is C=C[C@]1(C)C[C@@H](OC(=O)COc2ccc3c(c2)B(O)OC3C)[C@]2(C)[C@H](C)CC[C@]3(CCC(=O)[C@H]32)[C@@H](C)[C@@H]1O. The monoisotopic (exact) mass is 524 g/mol. The van der Waals surface area contributed by atoms with Crippen LogP contribution in [0.1, 0.15) is 78.4 Å². The van der Waals surface area contributed by atoms with Crippen LogP contribution in [0, 0.1) is 34.0 Å². The van der Waals surface area contributed by atoms with Crippen LogP contribution in [0.4, 0.5) is 0 Å². The fourth-order valence-electron chi connectivity index (χ4n) is 8.40. The Morgan fingerprint density at radius 3 is 2.71 bits per heavy atom. The summed E-state index contributed by atoms with van der Waals surface area (Å²) in [6.45, 7) is 14.0. The van der Waals surface area contributed by atoms with E-state index in [9.17, 15) is 19.7 Å². The van der Waals surface area contributed by atoms with E-state index >= 15 is 0 Å². The lowest BCUT2D eigenvalue weighted by molar-refractivity contribution is -0.207. The first kappa shape index (κ1) is 27.4. The van der Waals surface area contributed by atoms with Crippen LogP contribution in [0.25, 0.3) is 0 Å². The van der Waals surface area contributed by atoms with Crippen LogP contribution in [0.5, 0.6) is 5.75 Å². The van der Waals surface area contributed by atoms with Crippen molar-refractivity contribution in [3.63, 3.8) is 0 Å². The second-order valence-electron chi connectivity index (χ2n) is 12.8. The van der Waals surface area contributed by atoms with Gasteiger partial charge in [0, 0.05) is 23.2 Å². The molecule has 5 rings (SSSR count). The van der Waals surface area contributed by atoms with Crippen molar-refractivity contribution in [2.24, 2.45) is 34.0 Å². The summed E-state index contributed by atoms with van der Waals surface area (Å²) in [5, 5.41) is 21.8. The number of ketones is 1. The topological polar surface area (TPSA) is 102 Å². The van der Waals surface area contributed by atoms with E-state index in [4.69, 9.17) is 14.1 Å². The van der Waals surface area contributed by atoms with Crippen molar-refractivity contribution < 1.29 is 33.8 Å². The molecule has 3 saturated carbocycles. The number of rotatable bonds is 5. The number of Topliss-reactive ketones (excluding diaryl/α,β-unsaturated/α-hetero) is 1. The van der Waals surface area contributed by atoms with Gasteiger partial charge in [-0.15, -0.1) is 6.58 Å². The molecule has 1 heterocycles. The highest BCUT2D eigenvalue weighted by molar-refractivity contribution is 6.61. The van der Waals surface area contributed by atoms with Gasteiger partial charge in [-0.3, -0.25) is 4.79 Å². The van der Waals surface area contributed by atoms with Gasteiger partial charge >= 0.3 is 13.1 Å². The molecular formula is C30H41BO7. The molecular weight excluding hydrogens is 483 g/mol. The first-order valence-electron chi connectivity index (χ1n) is 14.0. The molecule has 0 aromatic heterocycles. The summed E-state index contributed by atoms with van der Waals surface area (Å²) in [5.74, 6) is -0.0288. The number of benzene rings is 1. The third-order valence-corrected chi connectivity index (χ3v) is 11.0. The predicted octanol–water partition coefficient (Wildman–Crippen LogP) is 3.75. The van der Waals surface area contributed by atoms with Crippen molar-refractivity contribution in [3.05, 3.63) is 36.4 Å². The smallest absolute Gasteiger partial charge is 0.482 e. The van der Waals surface area contributed by atoms with Gasteiger partial charge in [0.2, 0.25) is 0 Å². The Morgan fingerprint density at radius 1 is 1.26 bits per heavy atom. The zero-order valence-electron chi connectivity index (χ0n) is 23.2. The molecule has 7 nitrogen and oxygen atoms in total. The second kappa shape index (κ2) is 9.49. The second-order valence-corrected chi connectivity index (χ2v) is 12.8. The van der Waals surface area contributed by atoms with Gasteiger partial charge in [0.15, 0.2) is 6.61 Å². The highest BCUT2D eigenvalue weighted by atomic mass is 16.6. The van der Waals surface area contributed by atoms with Gasteiger partial charge in [-0.05, 0) is 73.0 Å². The maximum absolute atomic E-state index is 13.5. The maximum Gasteiger partial charge on any atom is 0.492 e. The van der Waals surface area contributed by atoms with Crippen LogP contribution in [-0.2, 0) is 19.0 Å².